The molecule has 1 N–H and O–H groups in total. The SMILES string of the molecule is CN(C)S(=O)(=O)c1cc(CO)cs1. The minimum Gasteiger partial charge on any atom is -0.392 e. The largest absolute Gasteiger partial charge is 0.392 e. The zero-order valence-corrected chi connectivity index (χ0v) is 9.02. The summed E-state index contributed by atoms with van der Waals surface area (Å²) in [5, 5.41) is 10.4. The van der Waals surface area contributed by atoms with Crippen LogP contribution in [0.5, 0.6) is 0 Å². The standard InChI is InChI=1S/C7H11NO3S2/c1-8(2)13(10,11)7-3-6(4-9)5-12-7/h3,5,9H,4H2,1-2H3. The summed E-state index contributed by atoms with van der Waals surface area (Å²) in [4.78, 5) is 0. The molecule has 0 saturated heterocycles. The highest BCUT2D eigenvalue weighted by atomic mass is 32.2. The zero-order valence-electron chi connectivity index (χ0n) is 7.39. The monoisotopic (exact) mass is 221 g/mol. The van der Waals surface area contributed by atoms with E-state index in [4.69, 9.17) is 5.11 Å². The second kappa shape index (κ2) is 3.75. The van der Waals surface area contributed by atoms with Crippen LogP contribution >= 0.6 is 11.3 Å². The van der Waals surface area contributed by atoms with Crippen molar-refractivity contribution >= 4 is 21.4 Å². The maximum absolute atomic E-state index is 11.5. The molecule has 0 atom stereocenters. The lowest BCUT2D eigenvalue weighted by Crippen LogP contribution is -2.21. The lowest BCUT2D eigenvalue weighted by Gasteiger charge is -2.08. The van der Waals surface area contributed by atoms with Crippen LogP contribution in [-0.4, -0.2) is 31.9 Å². The lowest BCUT2D eigenvalue weighted by atomic mass is 10.4. The van der Waals surface area contributed by atoms with E-state index < -0.39 is 10.0 Å². The van der Waals surface area contributed by atoms with Gasteiger partial charge in [-0.3, -0.25) is 0 Å². The molecule has 1 heterocycles. The molecule has 0 aliphatic carbocycles. The lowest BCUT2D eigenvalue weighted by molar-refractivity contribution is 0.282. The van der Waals surface area contributed by atoms with E-state index in [9.17, 15) is 8.42 Å². The van der Waals surface area contributed by atoms with Gasteiger partial charge in [-0.1, -0.05) is 0 Å². The molecule has 0 saturated carbocycles. The predicted molar refractivity (Wildman–Crippen MR) is 51.1 cm³/mol. The fourth-order valence-corrected chi connectivity index (χ4v) is 3.12. The van der Waals surface area contributed by atoms with E-state index in [1.807, 2.05) is 0 Å². The maximum Gasteiger partial charge on any atom is 0.252 e. The van der Waals surface area contributed by atoms with Gasteiger partial charge >= 0.3 is 0 Å². The third-order valence-corrected chi connectivity index (χ3v) is 4.83. The molecule has 4 nitrogen and oxygen atoms in total. The molecule has 74 valence electrons. The van der Waals surface area contributed by atoms with E-state index in [0.29, 0.717) is 5.56 Å². The second-order valence-electron chi connectivity index (χ2n) is 2.72. The van der Waals surface area contributed by atoms with Crippen LogP contribution in [0.25, 0.3) is 0 Å². The van der Waals surface area contributed by atoms with Crippen LogP contribution in [0.15, 0.2) is 15.7 Å². The summed E-state index contributed by atoms with van der Waals surface area (Å²) in [5.41, 5.74) is 0.630. The van der Waals surface area contributed by atoms with Gasteiger partial charge in [0.1, 0.15) is 4.21 Å². The molecular formula is C7H11NO3S2. The topological polar surface area (TPSA) is 57.6 Å². The highest BCUT2D eigenvalue weighted by Crippen LogP contribution is 2.22. The Hall–Kier alpha value is -0.430. The molecule has 0 amide bonds. The number of aliphatic hydroxyl groups excluding tert-OH is 1. The molecule has 0 spiro atoms. The fraction of sp³-hybridized carbons (Fsp3) is 0.429. The third kappa shape index (κ3) is 2.08. The van der Waals surface area contributed by atoms with Gasteiger partial charge in [0.2, 0.25) is 0 Å². The summed E-state index contributed by atoms with van der Waals surface area (Å²) < 4.78 is 24.4. The van der Waals surface area contributed by atoms with Gasteiger partial charge in [-0.05, 0) is 17.0 Å². The molecule has 0 unspecified atom stereocenters. The zero-order chi connectivity index (χ0) is 10.1. The summed E-state index contributed by atoms with van der Waals surface area (Å²) in [6, 6.07) is 1.49. The molecule has 0 radical (unpaired) electrons. The van der Waals surface area contributed by atoms with Crippen molar-refractivity contribution in [2.24, 2.45) is 0 Å². The van der Waals surface area contributed by atoms with Gasteiger partial charge in [-0.15, -0.1) is 11.3 Å². The minimum atomic E-state index is -3.33. The highest BCUT2D eigenvalue weighted by Gasteiger charge is 2.18. The maximum atomic E-state index is 11.5. The molecule has 1 aromatic rings. The number of aliphatic hydroxyl groups is 1. The van der Waals surface area contributed by atoms with Crippen molar-refractivity contribution in [2.75, 3.05) is 14.1 Å². The fourth-order valence-electron chi connectivity index (χ4n) is 0.751. The van der Waals surface area contributed by atoms with E-state index in [2.05, 4.69) is 0 Å². The average molecular weight is 221 g/mol. The summed E-state index contributed by atoms with van der Waals surface area (Å²) in [5.74, 6) is 0. The number of hydrogen-bond acceptors (Lipinski definition) is 4. The molecule has 0 aromatic carbocycles. The van der Waals surface area contributed by atoms with Crippen LogP contribution in [0, 0.1) is 0 Å². The summed E-state index contributed by atoms with van der Waals surface area (Å²) in [6.45, 7) is -0.126. The van der Waals surface area contributed by atoms with Crippen molar-refractivity contribution in [3.05, 3.63) is 17.0 Å². The smallest absolute Gasteiger partial charge is 0.252 e. The number of thiophene rings is 1. The molecule has 13 heavy (non-hydrogen) atoms. The normalized spacial score (nSPS) is 12.3. The second-order valence-corrected chi connectivity index (χ2v) is 6.01. The van der Waals surface area contributed by atoms with Crippen LogP contribution in [0.2, 0.25) is 0 Å². The van der Waals surface area contributed by atoms with E-state index >= 15 is 0 Å². The molecule has 1 rings (SSSR count). The van der Waals surface area contributed by atoms with E-state index in [-0.39, 0.29) is 10.8 Å². The van der Waals surface area contributed by atoms with Crippen molar-refractivity contribution < 1.29 is 13.5 Å². The van der Waals surface area contributed by atoms with Crippen molar-refractivity contribution in [3.63, 3.8) is 0 Å². The first-order chi connectivity index (χ1) is 5.98. The first kappa shape index (κ1) is 10.6. The van der Waals surface area contributed by atoms with Crippen molar-refractivity contribution in [1.82, 2.24) is 4.31 Å². The van der Waals surface area contributed by atoms with Gasteiger partial charge in [0.15, 0.2) is 0 Å². The van der Waals surface area contributed by atoms with E-state index in [0.717, 1.165) is 15.6 Å². The van der Waals surface area contributed by atoms with Gasteiger partial charge in [0.25, 0.3) is 10.0 Å². The van der Waals surface area contributed by atoms with Gasteiger partial charge in [0, 0.05) is 14.1 Å². The van der Waals surface area contributed by atoms with Crippen LogP contribution in [0.1, 0.15) is 5.56 Å². The Bertz CT molecular complexity index is 380. The minimum absolute atomic E-state index is 0.126. The number of hydrogen-bond donors (Lipinski definition) is 1. The van der Waals surface area contributed by atoms with Crippen molar-refractivity contribution in [1.29, 1.82) is 0 Å². The Labute approximate surface area is 81.5 Å². The van der Waals surface area contributed by atoms with Gasteiger partial charge < -0.3 is 5.11 Å². The van der Waals surface area contributed by atoms with Gasteiger partial charge in [-0.25, -0.2) is 12.7 Å². The van der Waals surface area contributed by atoms with E-state index in [1.54, 1.807) is 5.38 Å². The number of nitrogens with zero attached hydrogens (tertiary/aromatic N) is 1. The first-order valence-corrected chi connectivity index (χ1v) is 5.91. The van der Waals surface area contributed by atoms with Crippen molar-refractivity contribution in [2.45, 2.75) is 10.8 Å². The molecule has 0 aliphatic rings. The highest BCUT2D eigenvalue weighted by molar-refractivity contribution is 7.91. The Morgan fingerprint density at radius 3 is 2.54 bits per heavy atom. The Balaban J connectivity index is 3.09. The summed E-state index contributed by atoms with van der Waals surface area (Å²) in [7, 11) is -0.366. The van der Waals surface area contributed by atoms with E-state index in [1.165, 1.54) is 20.2 Å². The van der Waals surface area contributed by atoms with Crippen LogP contribution in [0.4, 0.5) is 0 Å². The number of rotatable bonds is 3. The summed E-state index contributed by atoms with van der Waals surface area (Å²) in [6.07, 6.45) is 0. The van der Waals surface area contributed by atoms with Crippen LogP contribution in [0.3, 0.4) is 0 Å². The third-order valence-electron chi connectivity index (χ3n) is 1.55. The molecule has 6 heteroatoms. The van der Waals surface area contributed by atoms with Gasteiger partial charge in [0.05, 0.1) is 6.61 Å². The van der Waals surface area contributed by atoms with Crippen molar-refractivity contribution in [3.8, 4) is 0 Å². The quantitative estimate of drug-likeness (QED) is 0.808. The van der Waals surface area contributed by atoms with Gasteiger partial charge in [-0.2, -0.15) is 0 Å². The summed E-state index contributed by atoms with van der Waals surface area (Å²) >= 11 is 1.12. The molecule has 0 fully saturated rings. The molecule has 0 aliphatic heterocycles. The molecule has 0 bridgehead atoms. The first-order valence-electron chi connectivity index (χ1n) is 3.59. The molecular weight excluding hydrogens is 210 g/mol. The Morgan fingerprint density at radius 2 is 2.15 bits per heavy atom. The predicted octanol–water partition coefficient (Wildman–Crippen LogP) is 0.491. The Morgan fingerprint density at radius 1 is 1.54 bits per heavy atom. The number of sulfonamides is 1. The average Bonchev–Trinajstić information content (AvgIpc) is 2.51. The Kier molecular flexibility index (Phi) is 3.07. The molecule has 1 aromatic heterocycles. The van der Waals surface area contributed by atoms with Crippen LogP contribution in [-0.2, 0) is 16.6 Å². The van der Waals surface area contributed by atoms with Crippen LogP contribution < -0.4 is 0 Å².